The Hall–Kier alpha value is -2.10. The van der Waals surface area contributed by atoms with Crippen LogP contribution in [0.15, 0.2) is 27.4 Å². The molecule has 0 N–H and O–H groups in total. The van der Waals surface area contributed by atoms with Crippen molar-refractivity contribution in [2.24, 2.45) is 0 Å². The zero-order chi connectivity index (χ0) is 15.1. The van der Waals surface area contributed by atoms with Crippen LogP contribution in [0.2, 0.25) is 0 Å². The van der Waals surface area contributed by atoms with Crippen LogP contribution >= 0.6 is 0 Å². The van der Waals surface area contributed by atoms with Crippen molar-refractivity contribution in [2.45, 2.75) is 51.0 Å². The molecule has 1 fully saturated rings. The molecule has 2 aromatic rings. The Morgan fingerprint density at radius 2 is 1.86 bits per heavy atom. The van der Waals surface area contributed by atoms with E-state index in [0.717, 1.165) is 55.0 Å². The predicted molar refractivity (Wildman–Crippen MR) is 82.4 cm³/mol. The Morgan fingerprint density at radius 3 is 2.73 bits per heavy atom. The first-order valence-electron chi connectivity index (χ1n) is 8.00. The van der Waals surface area contributed by atoms with Crippen molar-refractivity contribution in [2.75, 3.05) is 0 Å². The van der Waals surface area contributed by atoms with Gasteiger partial charge in [0, 0.05) is 23.4 Å². The summed E-state index contributed by atoms with van der Waals surface area (Å²) in [6.45, 7) is 0. The van der Waals surface area contributed by atoms with E-state index in [2.05, 4.69) is 0 Å². The van der Waals surface area contributed by atoms with Crippen LogP contribution in [0.25, 0.3) is 11.0 Å². The van der Waals surface area contributed by atoms with Crippen LogP contribution in [0.4, 0.5) is 0 Å². The van der Waals surface area contributed by atoms with E-state index in [9.17, 15) is 9.59 Å². The van der Waals surface area contributed by atoms with Gasteiger partial charge in [-0.05, 0) is 56.2 Å². The molecule has 0 bridgehead atoms. The SMILES string of the molecule is O=C1CCCC[C@@H]1Oc1ccc2c3c(c(=O)oc2c1)CCC3. The van der Waals surface area contributed by atoms with E-state index in [-0.39, 0.29) is 17.5 Å². The third-order valence-corrected chi connectivity index (χ3v) is 4.72. The molecule has 2 aliphatic rings. The molecule has 0 spiro atoms. The van der Waals surface area contributed by atoms with Crippen LogP contribution in [0.1, 0.15) is 43.2 Å². The lowest BCUT2D eigenvalue weighted by Crippen LogP contribution is -2.30. The maximum absolute atomic E-state index is 12.0. The number of hydrogen-bond acceptors (Lipinski definition) is 4. The van der Waals surface area contributed by atoms with Crippen molar-refractivity contribution >= 4 is 16.8 Å². The van der Waals surface area contributed by atoms with Crippen molar-refractivity contribution in [1.82, 2.24) is 0 Å². The molecule has 4 nitrogen and oxygen atoms in total. The second-order valence-corrected chi connectivity index (χ2v) is 6.18. The van der Waals surface area contributed by atoms with Gasteiger partial charge in [-0.25, -0.2) is 4.79 Å². The summed E-state index contributed by atoms with van der Waals surface area (Å²) < 4.78 is 11.3. The molecule has 4 heteroatoms. The fraction of sp³-hybridized carbons (Fsp3) is 0.444. The van der Waals surface area contributed by atoms with Crippen LogP contribution in [0.5, 0.6) is 5.75 Å². The molecule has 0 amide bonds. The highest BCUT2D eigenvalue weighted by Crippen LogP contribution is 2.30. The third-order valence-electron chi connectivity index (χ3n) is 4.72. The van der Waals surface area contributed by atoms with Crippen LogP contribution in [-0.2, 0) is 17.6 Å². The maximum Gasteiger partial charge on any atom is 0.339 e. The minimum absolute atomic E-state index is 0.168. The van der Waals surface area contributed by atoms with Gasteiger partial charge in [-0.1, -0.05) is 0 Å². The standard InChI is InChI=1S/C18H18O4/c19-15-6-1-2-7-16(15)21-11-8-9-13-12-4-3-5-14(12)18(20)22-17(13)10-11/h8-10,16H,1-7H2/t16-/m0/s1. The number of rotatable bonds is 2. The van der Waals surface area contributed by atoms with Gasteiger partial charge >= 0.3 is 5.63 Å². The highest BCUT2D eigenvalue weighted by molar-refractivity contribution is 5.85. The number of Topliss-reactive ketones (excluding diaryl/α,β-unsaturated/α-hetero) is 1. The Morgan fingerprint density at radius 1 is 1.00 bits per heavy atom. The molecule has 114 valence electrons. The summed E-state index contributed by atoms with van der Waals surface area (Å²) >= 11 is 0. The van der Waals surface area contributed by atoms with Crippen LogP contribution in [-0.4, -0.2) is 11.9 Å². The number of benzene rings is 1. The first kappa shape index (κ1) is 13.6. The van der Waals surface area contributed by atoms with E-state index in [4.69, 9.17) is 9.15 Å². The van der Waals surface area contributed by atoms with Crippen molar-refractivity contribution < 1.29 is 13.9 Å². The fourth-order valence-electron chi connectivity index (χ4n) is 3.58. The van der Waals surface area contributed by atoms with Crippen molar-refractivity contribution in [1.29, 1.82) is 0 Å². The Balaban J connectivity index is 1.70. The molecule has 2 aliphatic carbocycles. The van der Waals surface area contributed by atoms with Crippen molar-refractivity contribution in [3.8, 4) is 5.75 Å². The lowest BCUT2D eigenvalue weighted by Gasteiger charge is -2.21. The minimum Gasteiger partial charge on any atom is -0.483 e. The van der Waals surface area contributed by atoms with Gasteiger partial charge in [-0.3, -0.25) is 4.79 Å². The van der Waals surface area contributed by atoms with Gasteiger partial charge in [-0.2, -0.15) is 0 Å². The Labute approximate surface area is 128 Å². The second-order valence-electron chi connectivity index (χ2n) is 6.18. The molecule has 1 aromatic heterocycles. The molecule has 1 atom stereocenters. The van der Waals surface area contributed by atoms with Gasteiger partial charge in [-0.15, -0.1) is 0 Å². The van der Waals surface area contributed by atoms with E-state index < -0.39 is 0 Å². The summed E-state index contributed by atoms with van der Waals surface area (Å²) in [7, 11) is 0. The molecular formula is C18H18O4. The molecule has 0 aliphatic heterocycles. The molecular weight excluding hydrogens is 280 g/mol. The number of hydrogen-bond donors (Lipinski definition) is 0. The number of carbonyl (C=O) groups is 1. The maximum atomic E-state index is 12.0. The molecule has 4 rings (SSSR count). The average molecular weight is 298 g/mol. The minimum atomic E-state index is -0.354. The van der Waals surface area contributed by atoms with Gasteiger partial charge in [0.1, 0.15) is 11.3 Å². The van der Waals surface area contributed by atoms with Crippen LogP contribution in [0.3, 0.4) is 0 Å². The molecule has 0 unspecified atom stereocenters. The van der Waals surface area contributed by atoms with Gasteiger partial charge in [0.25, 0.3) is 0 Å². The van der Waals surface area contributed by atoms with E-state index in [1.54, 1.807) is 6.07 Å². The first-order valence-corrected chi connectivity index (χ1v) is 8.00. The predicted octanol–water partition coefficient (Wildman–Crippen LogP) is 3.17. The summed E-state index contributed by atoms with van der Waals surface area (Å²) in [6.07, 6.45) is 5.73. The Bertz CT molecular complexity index is 803. The average Bonchev–Trinajstić information content (AvgIpc) is 3.00. The normalized spacial score (nSPS) is 21.1. The summed E-state index contributed by atoms with van der Waals surface area (Å²) in [5.41, 5.74) is 2.27. The summed E-state index contributed by atoms with van der Waals surface area (Å²) in [4.78, 5) is 23.9. The van der Waals surface area contributed by atoms with Crippen molar-refractivity contribution in [3.05, 3.63) is 39.7 Å². The molecule has 1 saturated carbocycles. The number of fused-ring (bicyclic) bond motifs is 3. The van der Waals surface area contributed by atoms with Crippen LogP contribution in [0, 0.1) is 0 Å². The molecule has 0 radical (unpaired) electrons. The van der Waals surface area contributed by atoms with Gasteiger partial charge in [0.2, 0.25) is 0 Å². The second kappa shape index (κ2) is 5.27. The van der Waals surface area contributed by atoms with Crippen molar-refractivity contribution in [3.63, 3.8) is 0 Å². The van der Waals surface area contributed by atoms with E-state index in [1.165, 1.54) is 0 Å². The first-order chi connectivity index (χ1) is 10.7. The van der Waals surface area contributed by atoms with Gasteiger partial charge in [0.05, 0.1) is 0 Å². The quantitative estimate of drug-likeness (QED) is 0.799. The number of ether oxygens (including phenoxy) is 1. The van der Waals surface area contributed by atoms with E-state index in [0.29, 0.717) is 17.8 Å². The van der Waals surface area contributed by atoms with E-state index in [1.807, 2.05) is 12.1 Å². The third kappa shape index (κ3) is 2.23. The summed E-state index contributed by atoms with van der Waals surface area (Å²) in [5, 5.41) is 0.995. The molecule has 1 heterocycles. The number of aryl methyl sites for hydroxylation is 1. The summed E-state index contributed by atoms with van der Waals surface area (Å²) in [5.74, 6) is 0.774. The monoisotopic (exact) mass is 298 g/mol. The zero-order valence-electron chi connectivity index (χ0n) is 12.4. The highest BCUT2D eigenvalue weighted by atomic mass is 16.5. The Kier molecular flexibility index (Phi) is 3.25. The largest absolute Gasteiger partial charge is 0.483 e. The van der Waals surface area contributed by atoms with Crippen LogP contribution < -0.4 is 10.4 Å². The lowest BCUT2D eigenvalue weighted by molar-refractivity contribution is -0.127. The highest BCUT2D eigenvalue weighted by Gasteiger charge is 2.24. The van der Waals surface area contributed by atoms with E-state index >= 15 is 0 Å². The number of carbonyl (C=O) groups excluding carboxylic acids is 1. The summed E-state index contributed by atoms with van der Waals surface area (Å²) in [6, 6.07) is 5.57. The topological polar surface area (TPSA) is 56.5 Å². The zero-order valence-corrected chi connectivity index (χ0v) is 12.4. The number of ketones is 1. The molecule has 0 saturated heterocycles. The van der Waals surface area contributed by atoms with Gasteiger partial charge < -0.3 is 9.15 Å². The lowest BCUT2D eigenvalue weighted by atomic mass is 9.96. The smallest absolute Gasteiger partial charge is 0.339 e. The molecule has 1 aromatic carbocycles. The van der Waals surface area contributed by atoms with Gasteiger partial charge in [0.15, 0.2) is 11.9 Å². The fourth-order valence-corrected chi connectivity index (χ4v) is 3.58. The molecule has 22 heavy (non-hydrogen) atoms.